The molecule has 3 heterocycles. The van der Waals surface area contributed by atoms with E-state index in [1.54, 1.807) is 6.20 Å². The van der Waals surface area contributed by atoms with Gasteiger partial charge in [-0.25, -0.2) is 18.7 Å². The summed E-state index contributed by atoms with van der Waals surface area (Å²) < 4.78 is 35.3. The predicted molar refractivity (Wildman–Crippen MR) is 95.0 cm³/mol. The fourth-order valence-corrected chi connectivity index (χ4v) is 3.18. The van der Waals surface area contributed by atoms with Gasteiger partial charge < -0.3 is 14.2 Å². The van der Waals surface area contributed by atoms with Gasteiger partial charge in [0.15, 0.2) is 12.4 Å². The van der Waals surface area contributed by atoms with Crippen molar-refractivity contribution in [3.05, 3.63) is 42.5 Å². The van der Waals surface area contributed by atoms with Crippen molar-refractivity contribution in [3.63, 3.8) is 0 Å². The van der Waals surface area contributed by atoms with E-state index >= 15 is 0 Å². The van der Waals surface area contributed by atoms with Crippen molar-refractivity contribution >= 4 is 16.6 Å². The molecule has 1 aromatic carbocycles. The van der Waals surface area contributed by atoms with E-state index in [4.69, 9.17) is 9.26 Å². The lowest BCUT2D eigenvalue weighted by Gasteiger charge is -2.35. The number of aromatic nitrogens is 3. The fourth-order valence-electron chi connectivity index (χ4n) is 3.18. The van der Waals surface area contributed by atoms with Crippen molar-refractivity contribution < 1.29 is 18.0 Å². The van der Waals surface area contributed by atoms with Crippen LogP contribution in [0.25, 0.3) is 10.9 Å². The zero-order valence-corrected chi connectivity index (χ0v) is 14.6. The molecule has 27 heavy (non-hydrogen) atoms. The molecule has 0 radical (unpaired) electrons. The van der Waals surface area contributed by atoms with E-state index in [2.05, 4.69) is 24.9 Å². The Kier molecular flexibility index (Phi) is 5.10. The Morgan fingerprint density at radius 1 is 1.11 bits per heavy atom. The van der Waals surface area contributed by atoms with Crippen molar-refractivity contribution in [2.24, 2.45) is 0 Å². The third kappa shape index (κ3) is 4.13. The molecule has 0 aliphatic carbocycles. The van der Waals surface area contributed by atoms with Crippen LogP contribution >= 0.6 is 0 Å². The molecule has 1 aliphatic rings. The van der Waals surface area contributed by atoms with Gasteiger partial charge in [-0.1, -0.05) is 5.16 Å². The average molecular weight is 375 g/mol. The zero-order chi connectivity index (χ0) is 18.6. The lowest BCUT2D eigenvalue weighted by Crippen LogP contribution is -2.45. The third-order valence-electron chi connectivity index (χ3n) is 4.54. The van der Waals surface area contributed by atoms with Crippen LogP contribution < -0.4 is 9.64 Å². The highest BCUT2D eigenvalue weighted by Gasteiger charge is 2.19. The van der Waals surface area contributed by atoms with Gasteiger partial charge in [0.05, 0.1) is 23.6 Å². The molecule has 0 spiro atoms. The number of halogens is 2. The Balaban J connectivity index is 1.46. The predicted octanol–water partition coefficient (Wildman–Crippen LogP) is 2.58. The molecule has 142 valence electrons. The highest BCUT2D eigenvalue weighted by molar-refractivity contribution is 5.86. The van der Waals surface area contributed by atoms with Gasteiger partial charge in [0.25, 0.3) is 6.43 Å². The molecule has 1 aliphatic heterocycles. The number of anilines is 1. The molecule has 7 nitrogen and oxygen atoms in total. The van der Waals surface area contributed by atoms with Gasteiger partial charge in [-0.15, -0.1) is 0 Å². The van der Waals surface area contributed by atoms with Crippen LogP contribution in [0, 0.1) is 0 Å². The lowest BCUT2D eigenvalue weighted by molar-refractivity contribution is 0.0804. The van der Waals surface area contributed by atoms with Crippen LogP contribution in [-0.4, -0.2) is 59.2 Å². The summed E-state index contributed by atoms with van der Waals surface area (Å²) in [6.07, 6.45) is 0.428. The SMILES string of the molecule is FC(F)COc1ncnc2ccc(N3CCN(Cc4ccno4)CC3)cc12. The van der Waals surface area contributed by atoms with Crippen molar-refractivity contribution in [1.29, 1.82) is 0 Å². The molecular weight excluding hydrogens is 356 g/mol. The van der Waals surface area contributed by atoms with Gasteiger partial charge in [-0.2, -0.15) is 0 Å². The summed E-state index contributed by atoms with van der Waals surface area (Å²) in [6, 6.07) is 7.62. The maximum atomic E-state index is 12.5. The molecule has 1 saturated heterocycles. The number of alkyl halides is 2. The molecule has 4 rings (SSSR count). The number of hydrogen-bond donors (Lipinski definition) is 0. The summed E-state index contributed by atoms with van der Waals surface area (Å²) in [6.45, 7) is 3.53. The monoisotopic (exact) mass is 375 g/mol. The van der Waals surface area contributed by atoms with E-state index < -0.39 is 13.0 Å². The Morgan fingerprint density at radius 3 is 2.70 bits per heavy atom. The second kappa shape index (κ2) is 7.83. The Hall–Kier alpha value is -2.81. The summed E-state index contributed by atoms with van der Waals surface area (Å²) in [7, 11) is 0. The Labute approximate surface area is 154 Å². The largest absolute Gasteiger partial charge is 0.471 e. The molecular formula is C18H19F2N5O2. The summed E-state index contributed by atoms with van der Waals surface area (Å²) in [5.41, 5.74) is 1.67. The standard InChI is InChI=1S/C18H19F2N5O2/c19-17(20)11-26-18-15-9-13(1-2-16(15)21-12-22-18)25-7-5-24(6-8-25)10-14-3-4-23-27-14/h1-4,9,12,17H,5-8,10-11H2. The van der Waals surface area contributed by atoms with Crippen LogP contribution in [0.15, 0.2) is 41.3 Å². The van der Waals surface area contributed by atoms with Gasteiger partial charge in [0, 0.05) is 37.9 Å². The van der Waals surface area contributed by atoms with E-state index in [1.165, 1.54) is 6.33 Å². The van der Waals surface area contributed by atoms with E-state index in [0.717, 1.165) is 44.2 Å². The molecule has 2 aromatic heterocycles. The second-order valence-corrected chi connectivity index (χ2v) is 6.32. The highest BCUT2D eigenvalue weighted by Crippen LogP contribution is 2.27. The van der Waals surface area contributed by atoms with Crippen LogP contribution in [-0.2, 0) is 6.54 Å². The van der Waals surface area contributed by atoms with Gasteiger partial charge in [0.2, 0.25) is 5.88 Å². The molecule has 0 bridgehead atoms. The number of nitrogens with zero attached hydrogens (tertiary/aromatic N) is 5. The Bertz CT molecular complexity index is 883. The first-order chi connectivity index (χ1) is 13.2. The first kappa shape index (κ1) is 17.6. The number of ether oxygens (including phenoxy) is 1. The number of hydrogen-bond acceptors (Lipinski definition) is 7. The summed E-state index contributed by atoms with van der Waals surface area (Å²) in [5, 5.41) is 4.37. The fraction of sp³-hybridized carbons (Fsp3) is 0.389. The van der Waals surface area contributed by atoms with E-state index in [9.17, 15) is 8.78 Å². The minimum atomic E-state index is -2.55. The molecule has 0 saturated carbocycles. The molecule has 0 atom stereocenters. The van der Waals surface area contributed by atoms with E-state index in [0.29, 0.717) is 10.9 Å². The van der Waals surface area contributed by atoms with E-state index in [-0.39, 0.29) is 5.88 Å². The van der Waals surface area contributed by atoms with Gasteiger partial charge in [-0.3, -0.25) is 4.90 Å². The maximum Gasteiger partial charge on any atom is 0.272 e. The van der Waals surface area contributed by atoms with E-state index in [1.807, 2.05) is 24.3 Å². The average Bonchev–Trinajstić information content (AvgIpc) is 3.19. The summed E-state index contributed by atoms with van der Waals surface area (Å²) in [5.74, 6) is 1.04. The van der Waals surface area contributed by atoms with Gasteiger partial charge >= 0.3 is 0 Å². The van der Waals surface area contributed by atoms with Crippen LogP contribution in [0.4, 0.5) is 14.5 Å². The quantitative estimate of drug-likeness (QED) is 0.656. The van der Waals surface area contributed by atoms with Crippen LogP contribution in [0.1, 0.15) is 5.76 Å². The number of rotatable bonds is 6. The van der Waals surface area contributed by atoms with Crippen LogP contribution in [0.3, 0.4) is 0 Å². The van der Waals surface area contributed by atoms with Crippen molar-refractivity contribution in [3.8, 4) is 5.88 Å². The molecule has 0 amide bonds. The van der Waals surface area contributed by atoms with Crippen LogP contribution in [0.2, 0.25) is 0 Å². The molecule has 9 heteroatoms. The zero-order valence-electron chi connectivity index (χ0n) is 14.6. The summed E-state index contributed by atoms with van der Waals surface area (Å²) in [4.78, 5) is 12.8. The molecule has 0 unspecified atom stereocenters. The first-order valence-corrected chi connectivity index (χ1v) is 8.71. The van der Waals surface area contributed by atoms with Crippen molar-refractivity contribution in [1.82, 2.24) is 20.0 Å². The van der Waals surface area contributed by atoms with Gasteiger partial charge in [-0.05, 0) is 18.2 Å². The lowest BCUT2D eigenvalue weighted by atomic mass is 10.2. The topological polar surface area (TPSA) is 67.5 Å². The molecule has 1 fully saturated rings. The first-order valence-electron chi connectivity index (χ1n) is 8.71. The molecule has 3 aromatic rings. The number of benzene rings is 1. The minimum absolute atomic E-state index is 0.186. The third-order valence-corrected chi connectivity index (χ3v) is 4.54. The molecule has 0 N–H and O–H groups in total. The Morgan fingerprint density at radius 2 is 1.96 bits per heavy atom. The summed E-state index contributed by atoms with van der Waals surface area (Å²) >= 11 is 0. The van der Waals surface area contributed by atoms with Crippen molar-refractivity contribution in [2.45, 2.75) is 13.0 Å². The minimum Gasteiger partial charge on any atom is -0.471 e. The van der Waals surface area contributed by atoms with Crippen LogP contribution in [0.5, 0.6) is 5.88 Å². The maximum absolute atomic E-state index is 12.5. The smallest absolute Gasteiger partial charge is 0.272 e. The normalized spacial score (nSPS) is 15.6. The van der Waals surface area contributed by atoms with Crippen molar-refractivity contribution in [2.75, 3.05) is 37.7 Å². The number of piperazine rings is 1. The van der Waals surface area contributed by atoms with Gasteiger partial charge in [0.1, 0.15) is 6.33 Å². The highest BCUT2D eigenvalue weighted by atomic mass is 19.3. The second-order valence-electron chi connectivity index (χ2n) is 6.32. The number of fused-ring (bicyclic) bond motifs is 1.